The standard InChI is InChI=1S/C52H33NS2/c1-2-17-42-35(11-1)12-9-20-43(42)37-13-7-15-40(31-37)53(39-28-25-34(26-29-39)36-27-30-46-45-18-3-5-22-48(45)55-51(46)33-36)41-16-8-14-38(32-41)44-21-10-24-50-52(44)47-19-4-6-23-49(47)54-50/h1-33H. The van der Waals surface area contributed by atoms with Crippen molar-refractivity contribution in [2.75, 3.05) is 4.90 Å². The van der Waals surface area contributed by atoms with Gasteiger partial charge in [0.2, 0.25) is 0 Å². The minimum Gasteiger partial charge on any atom is -0.310 e. The summed E-state index contributed by atoms with van der Waals surface area (Å²) in [4.78, 5) is 2.41. The summed E-state index contributed by atoms with van der Waals surface area (Å²) < 4.78 is 5.28. The Hall–Kier alpha value is -6.52. The van der Waals surface area contributed by atoms with Crippen molar-refractivity contribution >= 4 is 90.9 Å². The molecule has 0 N–H and O–H groups in total. The maximum absolute atomic E-state index is 2.41. The van der Waals surface area contributed by atoms with Crippen LogP contribution >= 0.6 is 22.7 Å². The minimum absolute atomic E-state index is 1.11. The summed E-state index contributed by atoms with van der Waals surface area (Å²) in [6.45, 7) is 0. The predicted octanol–water partition coefficient (Wildman–Crippen LogP) is 16.0. The van der Waals surface area contributed by atoms with E-state index in [0.717, 1.165) is 17.1 Å². The molecule has 3 heteroatoms. The second kappa shape index (κ2) is 13.1. The van der Waals surface area contributed by atoms with Gasteiger partial charge in [-0.2, -0.15) is 0 Å². The Morgan fingerprint density at radius 1 is 0.291 bits per heavy atom. The number of hydrogen-bond acceptors (Lipinski definition) is 3. The van der Waals surface area contributed by atoms with Gasteiger partial charge in [0.15, 0.2) is 0 Å². The van der Waals surface area contributed by atoms with Crippen molar-refractivity contribution in [3.05, 3.63) is 200 Å². The lowest BCUT2D eigenvalue weighted by Gasteiger charge is -2.27. The first-order valence-electron chi connectivity index (χ1n) is 18.7. The van der Waals surface area contributed by atoms with E-state index in [1.807, 2.05) is 22.7 Å². The molecule has 0 spiro atoms. The van der Waals surface area contributed by atoms with Crippen LogP contribution in [0.1, 0.15) is 0 Å². The maximum Gasteiger partial charge on any atom is 0.0467 e. The fourth-order valence-electron chi connectivity index (χ4n) is 8.27. The molecule has 0 aliphatic carbocycles. The molecule has 0 aliphatic rings. The Balaban J connectivity index is 1.05. The van der Waals surface area contributed by atoms with Crippen molar-refractivity contribution in [1.29, 1.82) is 0 Å². The van der Waals surface area contributed by atoms with Crippen LogP contribution in [-0.2, 0) is 0 Å². The first-order valence-corrected chi connectivity index (χ1v) is 20.3. The Kier molecular flexibility index (Phi) is 7.61. The van der Waals surface area contributed by atoms with Gasteiger partial charge in [-0.3, -0.25) is 0 Å². The van der Waals surface area contributed by atoms with E-state index < -0.39 is 0 Å². The van der Waals surface area contributed by atoms with Crippen molar-refractivity contribution in [1.82, 2.24) is 0 Å². The van der Waals surface area contributed by atoms with Gasteiger partial charge in [-0.1, -0.05) is 140 Å². The smallest absolute Gasteiger partial charge is 0.0467 e. The van der Waals surface area contributed by atoms with Crippen LogP contribution < -0.4 is 4.90 Å². The van der Waals surface area contributed by atoms with Crippen LogP contribution in [0.15, 0.2) is 200 Å². The third-order valence-electron chi connectivity index (χ3n) is 10.9. The van der Waals surface area contributed by atoms with E-state index in [4.69, 9.17) is 0 Å². The number of fused-ring (bicyclic) bond motifs is 7. The molecule has 0 saturated carbocycles. The van der Waals surface area contributed by atoms with E-state index in [2.05, 4.69) is 205 Å². The van der Waals surface area contributed by atoms with Crippen LogP contribution in [-0.4, -0.2) is 0 Å². The van der Waals surface area contributed by atoms with Crippen molar-refractivity contribution in [2.24, 2.45) is 0 Å². The molecule has 2 heterocycles. The van der Waals surface area contributed by atoms with Gasteiger partial charge in [0.25, 0.3) is 0 Å². The van der Waals surface area contributed by atoms with Crippen molar-refractivity contribution in [3.8, 4) is 33.4 Å². The highest BCUT2D eigenvalue weighted by molar-refractivity contribution is 7.26. The number of hydrogen-bond donors (Lipinski definition) is 0. The van der Waals surface area contributed by atoms with E-state index >= 15 is 0 Å². The lowest BCUT2D eigenvalue weighted by Crippen LogP contribution is -2.10. The van der Waals surface area contributed by atoms with Gasteiger partial charge in [-0.15, -0.1) is 22.7 Å². The van der Waals surface area contributed by atoms with Crippen molar-refractivity contribution in [3.63, 3.8) is 0 Å². The van der Waals surface area contributed by atoms with Crippen LogP contribution in [0.2, 0.25) is 0 Å². The van der Waals surface area contributed by atoms with E-state index in [-0.39, 0.29) is 0 Å². The topological polar surface area (TPSA) is 3.24 Å². The number of thiophene rings is 2. The third-order valence-corrected chi connectivity index (χ3v) is 13.1. The normalized spacial score (nSPS) is 11.6. The zero-order chi connectivity index (χ0) is 36.3. The molecule has 0 radical (unpaired) electrons. The van der Waals surface area contributed by atoms with E-state index in [1.165, 1.54) is 84.5 Å². The second-order valence-electron chi connectivity index (χ2n) is 14.1. The Bertz CT molecular complexity index is 3220. The van der Waals surface area contributed by atoms with Crippen LogP contribution in [0.3, 0.4) is 0 Å². The molecule has 258 valence electrons. The number of rotatable bonds is 6. The largest absolute Gasteiger partial charge is 0.310 e. The number of nitrogens with zero attached hydrogens (tertiary/aromatic N) is 1. The van der Waals surface area contributed by atoms with Gasteiger partial charge in [-0.25, -0.2) is 0 Å². The summed E-state index contributed by atoms with van der Waals surface area (Å²) in [5.74, 6) is 0. The van der Waals surface area contributed by atoms with Crippen molar-refractivity contribution in [2.45, 2.75) is 0 Å². The fourth-order valence-corrected chi connectivity index (χ4v) is 10.6. The maximum atomic E-state index is 2.41. The molecule has 0 unspecified atom stereocenters. The van der Waals surface area contributed by atoms with Crippen LogP contribution in [0.4, 0.5) is 17.1 Å². The number of anilines is 3. The molecule has 2 aromatic heterocycles. The summed E-state index contributed by atoms with van der Waals surface area (Å²) in [6.07, 6.45) is 0. The highest BCUT2D eigenvalue weighted by Crippen LogP contribution is 2.44. The minimum atomic E-state index is 1.11. The van der Waals surface area contributed by atoms with Gasteiger partial charge in [0, 0.05) is 57.4 Å². The molecule has 11 aromatic rings. The summed E-state index contributed by atoms with van der Waals surface area (Å²) in [7, 11) is 0. The molecule has 0 saturated heterocycles. The summed E-state index contributed by atoms with van der Waals surface area (Å²) >= 11 is 3.73. The molecular formula is C52H33NS2. The SMILES string of the molecule is c1cc(-c2cccc3ccccc23)cc(N(c2ccc(-c3ccc4c(c3)sc3ccccc34)cc2)c2cccc(-c3cccc4sc5ccccc5c34)c2)c1. The lowest BCUT2D eigenvalue weighted by molar-refractivity contribution is 1.28. The molecule has 9 aromatic carbocycles. The van der Waals surface area contributed by atoms with Gasteiger partial charge in [-0.05, 0) is 105 Å². The summed E-state index contributed by atoms with van der Waals surface area (Å²) in [6, 6.07) is 73.5. The molecular weight excluding hydrogens is 703 g/mol. The highest BCUT2D eigenvalue weighted by atomic mass is 32.1. The first kappa shape index (κ1) is 32.0. The lowest BCUT2D eigenvalue weighted by atomic mass is 9.97. The average Bonchev–Trinajstić information content (AvgIpc) is 3.82. The van der Waals surface area contributed by atoms with E-state index in [0.29, 0.717) is 0 Å². The molecule has 55 heavy (non-hydrogen) atoms. The predicted molar refractivity (Wildman–Crippen MR) is 241 cm³/mol. The monoisotopic (exact) mass is 735 g/mol. The van der Waals surface area contributed by atoms with Crippen LogP contribution in [0.25, 0.3) is 84.5 Å². The Morgan fingerprint density at radius 2 is 0.836 bits per heavy atom. The molecule has 0 amide bonds. The average molecular weight is 736 g/mol. The fraction of sp³-hybridized carbons (Fsp3) is 0. The van der Waals surface area contributed by atoms with Gasteiger partial charge in [0.1, 0.15) is 0 Å². The zero-order valence-corrected chi connectivity index (χ0v) is 31.4. The molecule has 0 bridgehead atoms. The van der Waals surface area contributed by atoms with Gasteiger partial charge >= 0.3 is 0 Å². The summed E-state index contributed by atoms with van der Waals surface area (Å²) in [5, 5.41) is 7.79. The van der Waals surface area contributed by atoms with Crippen LogP contribution in [0, 0.1) is 0 Å². The van der Waals surface area contributed by atoms with E-state index in [1.54, 1.807) is 0 Å². The molecule has 0 aliphatic heterocycles. The van der Waals surface area contributed by atoms with Crippen molar-refractivity contribution < 1.29 is 0 Å². The zero-order valence-electron chi connectivity index (χ0n) is 29.8. The third kappa shape index (κ3) is 5.51. The molecule has 0 fully saturated rings. The Labute approximate surface area is 327 Å². The quantitative estimate of drug-likeness (QED) is 0.164. The van der Waals surface area contributed by atoms with Crippen LogP contribution in [0.5, 0.6) is 0 Å². The first-order chi connectivity index (χ1) is 27.2. The highest BCUT2D eigenvalue weighted by Gasteiger charge is 2.17. The Morgan fingerprint density at radius 3 is 1.64 bits per heavy atom. The molecule has 0 atom stereocenters. The molecule has 11 rings (SSSR count). The van der Waals surface area contributed by atoms with Gasteiger partial charge < -0.3 is 4.90 Å². The van der Waals surface area contributed by atoms with E-state index in [9.17, 15) is 0 Å². The van der Waals surface area contributed by atoms with Gasteiger partial charge in [0.05, 0.1) is 0 Å². The molecule has 1 nitrogen and oxygen atoms in total. The number of benzene rings is 9. The summed E-state index contributed by atoms with van der Waals surface area (Å²) in [5.41, 5.74) is 10.7. The second-order valence-corrected chi connectivity index (χ2v) is 16.3.